The van der Waals surface area contributed by atoms with E-state index in [9.17, 15) is 9.18 Å². The summed E-state index contributed by atoms with van der Waals surface area (Å²) in [6, 6.07) is 14.3. The van der Waals surface area contributed by atoms with E-state index in [0.717, 1.165) is 19.3 Å². The molecule has 144 valence electrons. The molecule has 3 aromatic rings. The monoisotopic (exact) mass is 397 g/mol. The fraction of sp³-hybridized carbons (Fsp3) is 0.250. The highest BCUT2D eigenvalue weighted by atomic mass is 32.2. The molecular formula is C20H20FN5OS. The molecular weight excluding hydrogens is 377 g/mol. The zero-order valence-corrected chi connectivity index (χ0v) is 16.0. The zero-order valence-electron chi connectivity index (χ0n) is 15.1. The SMILES string of the molecule is Nn1c(SCC(=O)N[C@@H]2CCCc3ccccc32)nnc1-c1cccc(F)c1. The van der Waals surface area contributed by atoms with Gasteiger partial charge in [0.2, 0.25) is 11.1 Å². The number of nitrogens with one attached hydrogen (secondary N) is 1. The van der Waals surface area contributed by atoms with Crippen molar-refractivity contribution in [1.82, 2.24) is 20.2 Å². The van der Waals surface area contributed by atoms with Crippen LogP contribution < -0.4 is 11.2 Å². The van der Waals surface area contributed by atoms with Gasteiger partial charge in [-0.05, 0) is 42.5 Å². The maximum atomic E-state index is 13.4. The van der Waals surface area contributed by atoms with Crippen LogP contribution in [-0.4, -0.2) is 26.5 Å². The van der Waals surface area contributed by atoms with Crippen molar-refractivity contribution in [3.63, 3.8) is 0 Å². The van der Waals surface area contributed by atoms with Crippen molar-refractivity contribution < 1.29 is 9.18 Å². The number of amides is 1. The van der Waals surface area contributed by atoms with E-state index in [2.05, 4.69) is 27.6 Å². The highest BCUT2D eigenvalue weighted by molar-refractivity contribution is 7.99. The van der Waals surface area contributed by atoms with Gasteiger partial charge in [-0.1, -0.05) is 48.2 Å². The van der Waals surface area contributed by atoms with Gasteiger partial charge in [0.25, 0.3) is 0 Å². The summed E-state index contributed by atoms with van der Waals surface area (Å²) in [6.45, 7) is 0. The lowest BCUT2D eigenvalue weighted by molar-refractivity contribution is -0.119. The molecule has 0 bridgehead atoms. The van der Waals surface area contributed by atoms with Crippen LogP contribution in [0.3, 0.4) is 0 Å². The minimum absolute atomic E-state index is 0.0386. The van der Waals surface area contributed by atoms with Gasteiger partial charge in [0.15, 0.2) is 5.82 Å². The summed E-state index contributed by atoms with van der Waals surface area (Å²) >= 11 is 1.20. The lowest BCUT2D eigenvalue weighted by Gasteiger charge is -2.26. The van der Waals surface area contributed by atoms with Gasteiger partial charge in [-0.25, -0.2) is 9.07 Å². The molecule has 1 amide bonds. The lowest BCUT2D eigenvalue weighted by atomic mass is 9.88. The van der Waals surface area contributed by atoms with E-state index < -0.39 is 0 Å². The van der Waals surface area contributed by atoms with E-state index in [1.165, 1.54) is 39.7 Å². The minimum Gasteiger partial charge on any atom is -0.349 e. The van der Waals surface area contributed by atoms with Crippen LogP contribution in [0.15, 0.2) is 53.7 Å². The maximum Gasteiger partial charge on any atom is 0.230 e. The topological polar surface area (TPSA) is 85.8 Å². The molecule has 0 unspecified atom stereocenters. The van der Waals surface area contributed by atoms with Gasteiger partial charge in [-0.3, -0.25) is 4.79 Å². The molecule has 1 aliphatic carbocycles. The van der Waals surface area contributed by atoms with E-state index in [4.69, 9.17) is 5.84 Å². The Kier molecular flexibility index (Phi) is 5.29. The Bertz CT molecular complexity index is 1010. The molecule has 0 saturated heterocycles. The van der Waals surface area contributed by atoms with E-state index in [0.29, 0.717) is 16.5 Å². The second kappa shape index (κ2) is 8.02. The van der Waals surface area contributed by atoms with Gasteiger partial charge in [0, 0.05) is 5.56 Å². The second-order valence-corrected chi connectivity index (χ2v) is 7.63. The number of halogens is 1. The molecule has 2 aromatic carbocycles. The number of nitrogen functional groups attached to an aromatic ring is 1. The van der Waals surface area contributed by atoms with Crippen LogP contribution in [0.1, 0.15) is 30.0 Å². The average molecular weight is 397 g/mol. The van der Waals surface area contributed by atoms with Crippen molar-refractivity contribution in [2.45, 2.75) is 30.5 Å². The van der Waals surface area contributed by atoms with Gasteiger partial charge >= 0.3 is 0 Å². The Morgan fingerprint density at radius 1 is 1.25 bits per heavy atom. The molecule has 1 aromatic heterocycles. The molecule has 1 heterocycles. The van der Waals surface area contributed by atoms with Crippen LogP contribution in [0, 0.1) is 5.82 Å². The normalized spacial score (nSPS) is 15.8. The number of hydrogen-bond acceptors (Lipinski definition) is 5. The molecule has 8 heteroatoms. The molecule has 1 atom stereocenters. The maximum absolute atomic E-state index is 13.4. The first-order chi connectivity index (χ1) is 13.6. The van der Waals surface area contributed by atoms with Crippen molar-refractivity contribution in [2.24, 2.45) is 0 Å². The summed E-state index contributed by atoms with van der Waals surface area (Å²) in [7, 11) is 0. The quantitative estimate of drug-likeness (QED) is 0.510. The number of hydrogen-bond donors (Lipinski definition) is 2. The van der Waals surface area contributed by atoms with Crippen molar-refractivity contribution in [3.8, 4) is 11.4 Å². The van der Waals surface area contributed by atoms with Crippen LogP contribution in [0.5, 0.6) is 0 Å². The average Bonchev–Trinajstić information content (AvgIpc) is 3.07. The first-order valence-corrected chi connectivity index (χ1v) is 10.1. The highest BCUT2D eigenvalue weighted by Crippen LogP contribution is 2.29. The standard InChI is InChI=1S/C20H20FN5OS/c21-15-8-3-7-14(11-15)19-24-25-20(26(19)22)28-12-18(27)23-17-10-4-6-13-5-1-2-9-16(13)17/h1-3,5,7-9,11,17H,4,6,10,12,22H2,(H,23,27)/t17-/m1/s1. The Hall–Kier alpha value is -2.87. The lowest BCUT2D eigenvalue weighted by Crippen LogP contribution is -2.32. The van der Waals surface area contributed by atoms with Gasteiger partial charge in [0.1, 0.15) is 5.82 Å². The third-order valence-corrected chi connectivity index (χ3v) is 5.73. The van der Waals surface area contributed by atoms with E-state index in [1.54, 1.807) is 12.1 Å². The third-order valence-electron chi connectivity index (χ3n) is 4.78. The van der Waals surface area contributed by atoms with Crippen LogP contribution >= 0.6 is 11.8 Å². The molecule has 3 N–H and O–H groups in total. The molecule has 0 fully saturated rings. The van der Waals surface area contributed by atoms with Crippen LogP contribution in [-0.2, 0) is 11.2 Å². The van der Waals surface area contributed by atoms with Crippen LogP contribution in [0.25, 0.3) is 11.4 Å². The predicted molar refractivity (Wildman–Crippen MR) is 107 cm³/mol. The van der Waals surface area contributed by atoms with Crippen LogP contribution in [0.2, 0.25) is 0 Å². The number of carbonyl (C=O) groups is 1. The first-order valence-electron chi connectivity index (χ1n) is 9.08. The van der Waals surface area contributed by atoms with Crippen LogP contribution in [0.4, 0.5) is 4.39 Å². The number of thioether (sulfide) groups is 1. The molecule has 1 aliphatic rings. The predicted octanol–water partition coefficient (Wildman–Crippen LogP) is 3.08. The van der Waals surface area contributed by atoms with Crippen molar-refractivity contribution >= 4 is 17.7 Å². The number of aryl methyl sites for hydroxylation is 1. The number of carbonyl (C=O) groups excluding carboxylic acids is 1. The molecule has 0 saturated carbocycles. The summed E-state index contributed by atoms with van der Waals surface area (Å²) < 4.78 is 14.7. The second-order valence-electron chi connectivity index (χ2n) is 6.69. The van der Waals surface area contributed by atoms with Gasteiger partial charge < -0.3 is 11.2 Å². The molecule has 4 rings (SSSR count). The fourth-order valence-corrected chi connectivity index (χ4v) is 4.14. The number of aromatic nitrogens is 3. The van der Waals surface area contributed by atoms with Gasteiger partial charge in [-0.2, -0.15) is 0 Å². The number of benzene rings is 2. The Morgan fingerprint density at radius 2 is 2.11 bits per heavy atom. The molecule has 0 spiro atoms. The largest absolute Gasteiger partial charge is 0.349 e. The Morgan fingerprint density at radius 3 is 2.96 bits per heavy atom. The van der Waals surface area contributed by atoms with E-state index in [1.807, 2.05) is 12.1 Å². The summed E-state index contributed by atoms with van der Waals surface area (Å²) in [5.41, 5.74) is 3.03. The Balaban J connectivity index is 1.40. The highest BCUT2D eigenvalue weighted by Gasteiger charge is 2.22. The van der Waals surface area contributed by atoms with Gasteiger partial charge in [-0.15, -0.1) is 10.2 Å². The fourth-order valence-electron chi connectivity index (χ4n) is 3.47. The van der Waals surface area contributed by atoms with Gasteiger partial charge in [0.05, 0.1) is 11.8 Å². The number of nitrogens with two attached hydrogens (primary N) is 1. The van der Waals surface area contributed by atoms with E-state index >= 15 is 0 Å². The van der Waals surface area contributed by atoms with Crippen molar-refractivity contribution in [2.75, 3.05) is 11.6 Å². The van der Waals surface area contributed by atoms with E-state index in [-0.39, 0.29) is 23.5 Å². The summed E-state index contributed by atoms with van der Waals surface area (Å²) in [5, 5.41) is 11.5. The summed E-state index contributed by atoms with van der Waals surface area (Å²) in [6.07, 6.45) is 3.05. The number of fused-ring (bicyclic) bond motifs is 1. The number of nitrogens with zero attached hydrogens (tertiary/aromatic N) is 3. The molecule has 0 radical (unpaired) electrons. The Labute approximate surface area is 166 Å². The molecule has 6 nitrogen and oxygen atoms in total. The molecule has 28 heavy (non-hydrogen) atoms. The van der Waals surface area contributed by atoms with Crippen molar-refractivity contribution in [3.05, 3.63) is 65.5 Å². The minimum atomic E-state index is -0.373. The summed E-state index contributed by atoms with van der Waals surface area (Å²) in [4.78, 5) is 12.4. The zero-order chi connectivity index (χ0) is 19.5. The third kappa shape index (κ3) is 3.87. The first kappa shape index (κ1) is 18.5. The molecule has 0 aliphatic heterocycles. The number of rotatable bonds is 5. The summed E-state index contributed by atoms with van der Waals surface area (Å²) in [5.74, 6) is 6.11. The smallest absolute Gasteiger partial charge is 0.230 e. The van der Waals surface area contributed by atoms with Crippen molar-refractivity contribution in [1.29, 1.82) is 0 Å².